The maximum Gasteiger partial charge on any atom is 0.263 e. The van der Waals surface area contributed by atoms with Crippen LogP contribution < -0.4 is 10.5 Å². The van der Waals surface area contributed by atoms with Crippen molar-refractivity contribution in [2.75, 3.05) is 13.1 Å². The first-order valence-corrected chi connectivity index (χ1v) is 8.93. The van der Waals surface area contributed by atoms with Crippen molar-refractivity contribution in [3.8, 4) is 5.75 Å². The van der Waals surface area contributed by atoms with Gasteiger partial charge in [0.1, 0.15) is 5.75 Å². The molecule has 1 aromatic rings. The van der Waals surface area contributed by atoms with Gasteiger partial charge in [0, 0.05) is 19.1 Å². The van der Waals surface area contributed by atoms with Gasteiger partial charge in [0.15, 0.2) is 6.10 Å². The van der Waals surface area contributed by atoms with Gasteiger partial charge in [-0.1, -0.05) is 33.8 Å². The summed E-state index contributed by atoms with van der Waals surface area (Å²) in [6.45, 7) is 13.9. The minimum atomic E-state index is -0.487. The lowest BCUT2D eigenvalue weighted by molar-refractivity contribution is -0.141. The second-order valence-corrected chi connectivity index (χ2v) is 8.08. The molecule has 0 bridgehead atoms. The van der Waals surface area contributed by atoms with E-state index in [0.717, 1.165) is 12.2 Å². The molecule has 1 aromatic carbocycles. The van der Waals surface area contributed by atoms with Crippen LogP contribution in [0.2, 0.25) is 0 Å². The molecule has 4 nitrogen and oxygen atoms in total. The standard InChI is InChI=1S/C20H32N2O2.ClH/c1-13(2)17-8-7-16(11-14(17)3)24-15(4)19(23)22-10-9-18(21)20(5,6)12-22;/h7-8,11,13,15,18H,9-10,12,21H2,1-6H3;1H. The van der Waals surface area contributed by atoms with Crippen molar-refractivity contribution in [3.05, 3.63) is 29.3 Å². The van der Waals surface area contributed by atoms with E-state index < -0.39 is 6.10 Å². The number of piperidine rings is 1. The summed E-state index contributed by atoms with van der Waals surface area (Å²) in [6.07, 6.45) is 0.354. The third kappa shape index (κ3) is 5.11. The first-order chi connectivity index (χ1) is 11.1. The lowest BCUT2D eigenvalue weighted by atomic mass is 9.79. The number of amides is 1. The summed E-state index contributed by atoms with van der Waals surface area (Å²) in [4.78, 5) is 14.6. The van der Waals surface area contributed by atoms with Crippen LogP contribution in [0.15, 0.2) is 18.2 Å². The molecule has 0 aliphatic carbocycles. The van der Waals surface area contributed by atoms with Crippen molar-refractivity contribution in [3.63, 3.8) is 0 Å². The number of hydrogen-bond acceptors (Lipinski definition) is 3. The Bertz CT molecular complexity index is 601. The number of ether oxygens (including phenoxy) is 1. The molecule has 2 atom stereocenters. The van der Waals surface area contributed by atoms with Crippen molar-refractivity contribution in [1.29, 1.82) is 0 Å². The molecule has 5 heteroatoms. The molecule has 142 valence electrons. The van der Waals surface area contributed by atoms with E-state index in [-0.39, 0.29) is 29.8 Å². The highest BCUT2D eigenvalue weighted by atomic mass is 35.5. The van der Waals surface area contributed by atoms with Crippen LogP contribution in [0, 0.1) is 12.3 Å². The molecular weight excluding hydrogens is 336 g/mol. The summed E-state index contributed by atoms with van der Waals surface area (Å²) < 4.78 is 5.92. The van der Waals surface area contributed by atoms with Crippen LogP contribution in [0.25, 0.3) is 0 Å². The molecule has 25 heavy (non-hydrogen) atoms. The number of nitrogens with two attached hydrogens (primary N) is 1. The van der Waals surface area contributed by atoms with Crippen LogP contribution in [-0.4, -0.2) is 36.0 Å². The zero-order valence-corrected chi connectivity index (χ0v) is 17.2. The Labute approximate surface area is 158 Å². The Balaban J connectivity index is 0.00000312. The largest absolute Gasteiger partial charge is 0.481 e. The van der Waals surface area contributed by atoms with E-state index in [2.05, 4.69) is 40.7 Å². The van der Waals surface area contributed by atoms with Crippen molar-refractivity contribution in [2.45, 2.75) is 66.0 Å². The number of aryl methyl sites for hydroxylation is 1. The zero-order chi connectivity index (χ0) is 18.1. The van der Waals surface area contributed by atoms with Crippen LogP contribution >= 0.6 is 12.4 Å². The van der Waals surface area contributed by atoms with Crippen LogP contribution in [0.1, 0.15) is 58.1 Å². The highest BCUT2D eigenvalue weighted by Crippen LogP contribution is 2.29. The zero-order valence-electron chi connectivity index (χ0n) is 16.3. The molecule has 1 fully saturated rings. The van der Waals surface area contributed by atoms with Crippen LogP contribution in [0.4, 0.5) is 0 Å². The van der Waals surface area contributed by atoms with E-state index in [0.29, 0.717) is 19.0 Å². The topological polar surface area (TPSA) is 55.6 Å². The van der Waals surface area contributed by atoms with Crippen LogP contribution in [0.3, 0.4) is 0 Å². The Hall–Kier alpha value is -1.26. The second kappa shape index (κ2) is 8.41. The van der Waals surface area contributed by atoms with Gasteiger partial charge in [-0.25, -0.2) is 0 Å². The van der Waals surface area contributed by atoms with Gasteiger partial charge >= 0.3 is 0 Å². The summed E-state index contributed by atoms with van der Waals surface area (Å²) >= 11 is 0. The molecule has 1 aliphatic rings. The van der Waals surface area contributed by atoms with Gasteiger partial charge in [-0.15, -0.1) is 12.4 Å². The van der Waals surface area contributed by atoms with Gasteiger partial charge in [-0.2, -0.15) is 0 Å². The normalized spacial score (nSPS) is 20.8. The number of benzene rings is 1. The Kier molecular flexibility index (Phi) is 7.33. The number of nitrogens with zero attached hydrogens (tertiary/aromatic N) is 1. The maximum absolute atomic E-state index is 12.7. The minimum Gasteiger partial charge on any atom is -0.481 e. The lowest BCUT2D eigenvalue weighted by Crippen LogP contribution is -2.56. The maximum atomic E-state index is 12.7. The van der Waals surface area contributed by atoms with Crippen molar-refractivity contribution >= 4 is 18.3 Å². The minimum absolute atomic E-state index is 0. The second-order valence-electron chi connectivity index (χ2n) is 8.08. The molecule has 0 radical (unpaired) electrons. The third-order valence-electron chi connectivity index (χ3n) is 5.15. The number of hydrogen-bond donors (Lipinski definition) is 1. The SMILES string of the molecule is Cc1cc(OC(C)C(=O)N2CCC(N)C(C)(C)C2)ccc1C(C)C.Cl. The lowest BCUT2D eigenvalue weighted by Gasteiger charge is -2.43. The number of rotatable bonds is 4. The predicted octanol–water partition coefficient (Wildman–Crippen LogP) is 3.89. The molecule has 0 aromatic heterocycles. The number of carbonyl (C=O) groups excluding carboxylic acids is 1. The van der Waals surface area contributed by atoms with Crippen LogP contribution in [0.5, 0.6) is 5.75 Å². The molecule has 2 unspecified atom stereocenters. The van der Waals surface area contributed by atoms with E-state index in [1.54, 1.807) is 0 Å². The van der Waals surface area contributed by atoms with Gasteiger partial charge in [-0.3, -0.25) is 4.79 Å². The fraction of sp³-hybridized carbons (Fsp3) is 0.650. The molecule has 2 N–H and O–H groups in total. The smallest absolute Gasteiger partial charge is 0.263 e. The predicted molar refractivity (Wildman–Crippen MR) is 106 cm³/mol. The molecule has 0 saturated carbocycles. The number of likely N-dealkylation sites (tertiary alicyclic amines) is 1. The Morgan fingerprint density at radius 1 is 1.32 bits per heavy atom. The molecule has 1 aliphatic heterocycles. The first kappa shape index (κ1) is 21.8. The monoisotopic (exact) mass is 368 g/mol. The van der Waals surface area contributed by atoms with E-state index >= 15 is 0 Å². The highest BCUT2D eigenvalue weighted by Gasteiger charge is 2.36. The summed E-state index contributed by atoms with van der Waals surface area (Å²) in [5.41, 5.74) is 8.62. The molecule has 1 heterocycles. The van der Waals surface area contributed by atoms with Gasteiger partial charge in [0.05, 0.1) is 0 Å². The van der Waals surface area contributed by atoms with Gasteiger partial charge in [-0.05, 0) is 54.9 Å². The van der Waals surface area contributed by atoms with E-state index in [4.69, 9.17) is 10.5 Å². The van der Waals surface area contributed by atoms with Gasteiger partial charge in [0.25, 0.3) is 5.91 Å². The summed E-state index contributed by atoms with van der Waals surface area (Å²) in [5, 5.41) is 0. The van der Waals surface area contributed by atoms with Crippen molar-refractivity contribution in [1.82, 2.24) is 4.90 Å². The number of halogens is 1. The van der Waals surface area contributed by atoms with E-state index in [9.17, 15) is 4.79 Å². The van der Waals surface area contributed by atoms with Crippen molar-refractivity contribution in [2.24, 2.45) is 11.1 Å². The molecule has 1 saturated heterocycles. The molecule has 0 spiro atoms. The molecule has 2 rings (SSSR count). The van der Waals surface area contributed by atoms with Crippen LogP contribution in [-0.2, 0) is 4.79 Å². The third-order valence-corrected chi connectivity index (χ3v) is 5.15. The van der Waals surface area contributed by atoms with Crippen molar-refractivity contribution < 1.29 is 9.53 Å². The first-order valence-electron chi connectivity index (χ1n) is 8.93. The fourth-order valence-corrected chi connectivity index (χ4v) is 3.44. The number of carbonyl (C=O) groups is 1. The average molecular weight is 369 g/mol. The molecule has 1 amide bonds. The summed E-state index contributed by atoms with van der Waals surface area (Å²) in [7, 11) is 0. The summed E-state index contributed by atoms with van der Waals surface area (Å²) in [6, 6.07) is 6.22. The van der Waals surface area contributed by atoms with Gasteiger partial charge < -0.3 is 15.4 Å². The quantitative estimate of drug-likeness (QED) is 0.876. The van der Waals surface area contributed by atoms with E-state index in [1.165, 1.54) is 11.1 Å². The Morgan fingerprint density at radius 3 is 2.48 bits per heavy atom. The summed E-state index contributed by atoms with van der Waals surface area (Å²) in [5.74, 6) is 1.28. The van der Waals surface area contributed by atoms with E-state index in [1.807, 2.05) is 24.0 Å². The highest BCUT2D eigenvalue weighted by molar-refractivity contribution is 5.85. The van der Waals surface area contributed by atoms with Gasteiger partial charge in [0.2, 0.25) is 0 Å². The molecular formula is C20H33ClN2O2. The Morgan fingerprint density at radius 2 is 1.96 bits per heavy atom. The average Bonchev–Trinajstić information content (AvgIpc) is 2.48. The fourth-order valence-electron chi connectivity index (χ4n) is 3.44.